The first-order valence-electron chi connectivity index (χ1n) is 5.84. The number of nitrogens with one attached hydrogen (secondary N) is 1. The minimum absolute atomic E-state index is 0.0832. The van der Waals surface area contributed by atoms with E-state index in [4.69, 9.17) is 0 Å². The molecule has 0 unspecified atom stereocenters. The number of nitrogens with zero attached hydrogens (tertiary/aromatic N) is 1. The van der Waals surface area contributed by atoms with Gasteiger partial charge >= 0.3 is 6.03 Å². The SMILES string of the molecule is Cc1ccccc1CCN1CCCNC1=O. The summed E-state index contributed by atoms with van der Waals surface area (Å²) in [5.74, 6) is 0. The number of benzene rings is 1. The number of hydrogen-bond acceptors (Lipinski definition) is 1. The van der Waals surface area contributed by atoms with Crippen LogP contribution in [0.4, 0.5) is 4.79 Å². The molecule has 1 heterocycles. The van der Waals surface area contributed by atoms with Gasteiger partial charge in [0.2, 0.25) is 0 Å². The molecule has 1 aliphatic heterocycles. The molecular formula is C13H18N2O. The molecule has 0 aromatic heterocycles. The van der Waals surface area contributed by atoms with E-state index >= 15 is 0 Å². The van der Waals surface area contributed by atoms with Gasteiger partial charge in [0, 0.05) is 19.6 Å². The van der Waals surface area contributed by atoms with Crippen molar-refractivity contribution >= 4 is 6.03 Å². The number of urea groups is 1. The fraction of sp³-hybridized carbons (Fsp3) is 0.462. The van der Waals surface area contributed by atoms with Crippen LogP contribution in [0, 0.1) is 6.92 Å². The minimum atomic E-state index is 0.0832. The molecule has 0 bridgehead atoms. The fourth-order valence-electron chi connectivity index (χ4n) is 2.04. The maximum atomic E-state index is 11.5. The number of carbonyl (C=O) groups excluding carboxylic acids is 1. The van der Waals surface area contributed by atoms with Gasteiger partial charge in [-0.05, 0) is 30.9 Å². The van der Waals surface area contributed by atoms with Gasteiger partial charge in [0.25, 0.3) is 0 Å². The Kier molecular flexibility index (Phi) is 3.44. The molecule has 1 N–H and O–H groups in total. The summed E-state index contributed by atoms with van der Waals surface area (Å²) in [4.78, 5) is 13.4. The van der Waals surface area contributed by atoms with Crippen molar-refractivity contribution in [3.05, 3.63) is 35.4 Å². The highest BCUT2D eigenvalue weighted by atomic mass is 16.2. The minimum Gasteiger partial charge on any atom is -0.338 e. The molecule has 1 fully saturated rings. The number of carbonyl (C=O) groups is 1. The van der Waals surface area contributed by atoms with Gasteiger partial charge in [-0.2, -0.15) is 0 Å². The van der Waals surface area contributed by atoms with Gasteiger partial charge < -0.3 is 10.2 Å². The average Bonchev–Trinajstić information content (AvgIpc) is 2.30. The summed E-state index contributed by atoms with van der Waals surface area (Å²) in [6.45, 7) is 4.64. The lowest BCUT2D eigenvalue weighted by Gasteiger charge is -2.27. The molecule has 86 valence electrons. The molecule has 0 aliphatic carbocycles. The first kappa shape index (κ1) is 11.0. The lowest BCUT2D eigenvalue weighted by atomic mass is 10.1. The van der Waals surface area contributed by atoms with Gasteiger partial charge in [0.15, 0.2) is 0 Å². The summed E-state index contributed by atoms with van der Waals surface area (Å²) >= 11 is 0. The molecular weight excluding hydrogens is 200 g/mol. The van der Waals surface area contributed by atoms with Crippen molar-refractivity contribution < 1.29 is 4.79 Å². The molecule has 2 rings (SSSR count). The van der Waals surface area contributed by atoms with Crippen LogP contribution in [0.25, 0.3) is 0 Å². The van der Waals surface area contributed by atoms with Crippen molar-refractivity contribution in [2.75, 3.05) is 19.6 Å². The molecule has 2 amide bonds. The molecule has 3 nitrogen and oxygen atoms in total. The fourth-order valence-corrected chi connectivity index (χ4v) is 2.04. The Morgan fingerprint density at radius 3 is 2.94 bits per heavy atom. The second-order valence-corrected chi connectivity index (χ2v) is 4.25. The molecule has 1 saturated heterocycles. The molecule has 0 spiro atoms. The van der Waals surface area contributed by atoms with E-state index in [-0.39, 0.29) is 6.03 Å². The largest absolute Gasteiger partial charge is 0.338 e. The molecule has 1 aliphatic rings. The van der Waals surface area contributed by atoms with Crippen LogP contribution in [0.5, 0.6) is 0 Å². The standard InChI is InChI=1S/C13H18N2O/c1-11-5-2-3-6-12(11)7-10-15-9-4-8-14-13(15)16/h2-3,5-6H,4,7-10H2,1H3,(H,14,16). The van der Waals surface area contributed by atoms with E-state index in [0.717, 1.165) is 32.5 Å². The Labute approximate surface area is 96.5 Å². The smallest absolute Gasteiger partial charge is 0.317 e. The van der Waals surface area contributed by atoms with Gasteiger partial charge in [-0.15, -0.1) is 0 Å². The van der Waals surface area contributed by atoms with Crippen LogP contribution in [0.3, 0.4) is 0 Å². The van der Waals surface area contributed by atoms with E-state index in [1.165, 1.54) is 11.1 Å². The molecule has 0 atom stereocenters. The first-order chi connectivity index (χ1) is 7.77. The summed E-state index contributed by atoms with van der Waals surface area (Å²) in [5.41, 5.74) is 2.64. The zero-order chi connectivity index (χ0) is 11.4. The van der Waals surface area contributed by atoms with E-state index in [0.29, 0.717) is 0 Å². The van der Waals surface area contributed by atoms with E-state index < -0.39 is 0 Å². The van der Waals surface area contributed by atoms with Gasteiger partial charge in [-0.1, -0.05) is 24.3 Å². The average molecular weight is 218 g/mol. The Hall–Kier alpha value is -1.51. The number of rotatable bonds is 3. The van der Waals surface area contributed by atoms with Crippen molar-refractivity contribution in [1.82, 2.24) is 10.2 Å². The van der Waals surface area contributed by atoms with Crippen molar-refractivity contribution in [3.8, 4) is 0 Å². The third-order valence-corrected chi connectivity index (χ3v) is 3.08. The van der Waals surface area contributed by atoms with Gasteiger partial charge in [-0.25, -0.2) is 4.79 Å². The topological polar surface area (TPSA) is 32.3 Å². The first-order valence-corrected chi connectivity index (χ1v) is 5.84. The summed E-state index contributed by atoms with van der Waals surface area (Å²) < 4.78 is 0. The maximum absolute atomic E-state index is 11.5. The monoisotopic (exact) mass is 218 g/mol. The lowest BCUT2D eigenvalue weighted by Crippen LogP contribution is -2.47. The van der Waals surface area contributed by atoms with E-state index in [9.17, 15) is 4.79 Å². The number of amides is 2. The van der Waals surface area contributed by atoms with Crippen LogP contribution in [0.1, 0.15) is 17.5 Å². The van der Waals surface area contributed by atoms with Crippen LogP contribution in [0.2, 0.25) is 0 Å². The Balaban J connectivity index is 1.92. The zero-order valence-electron chi connectivity index (χ0n) is 9.70. The van der Waals surface area contributed by atoms with Crippen LogP contribution < -0.4 is 5.32 Å². The Morgan fingerprint density at radius 2 is 2.19 bits per heavy atom. The maximum Gasteiger partial charge on any atom is 0.317 e. The molecule has 3 heteroatoms. The number of hydrogen-bond donors (Lipinski definition) is 1. The van der Waals surface area contributed by atoms with Gasteiger partial charge in [0.05, 0.1) is 0 Å². The second kappa shape index (κ2) is 5.01. The lowest BCUT2D eigenvalue weighted by molar-refractivity contribution is 0.187. The molecule has 1 aromatic carbocycles. The predicted octanol–water partition coefficient (Wildman–Crippen LogP) is 1.95. The van der Waals surface area contributed by atoms with Gasteiger partial charge in [-0.3, -0.25) is 0 Å². The van der Waals surface area contributed by atoms with E-state index in [2.05, 4.69) is 30.4 Å². The quantitative estimate of drug-likeness (QED) is 0.826. The number of aryl methyl sites for hydroxylation is 1. The highest BCUT2D eigenvalue weighted by Crippen LogP contribution is 2.09. The summed E-state index contributed by atoms with van der Waals surface area (Å²) in [5, 5.41) is 2.87. The van der Waals surface area contributed by atoms with Crippen LogP contribution in [-0.2, 0) is 6.42 Å². The van der Waals surface area contributed by atoms with E-state index in [1.54, 1.807) is 0 Å². The molecule has 0 radical (unpaired) electrons. The highest BCUT2D eigenvalue weighted by molar-refractivity contribution is 5.74. The van der Waals surface area contributed by atoms with Crippen LogP contribution >= 0.6 is 0 Å². The zero-order valence-corrected chi connectivity index (χ0v) is 9.70. The van der Waals surface area contributed by atoms with E-state index in [1.807, 2.05) is 11.0 Å². The normalized spacial score (nSPS) is 16.1. The Morgan fingerprint density at radius 1 is 1.38 bits per heavy atom. The second-order valence-electron chi connectivity index (χ2n) is 4.25. The van der Waals surface area contributed by atoms with Crippen LogP contribution in [-0.4, -0.2) is 30.6 Å². The summed E-state index contributed by atoms with van der Waals surface area (Å²) in [6.07, 6.45) is 2.00. The van der Waals surface area contributed by atoms with Crippen molar-refractivity contribution in [2.24, 2.45) is 0 Å². The van der Waals surface area contributed by atoms with Gasteiger partial charge in [0.1, 0.15) is 0 Å². The summed E-state index contributed by atoms with van der Waals surface area (Å²) in [7, 11) is 0. The third-order valence-electron chi connectivity index (χ3n) is 3.08. The van der Waals surface area contributed by atoms with Crippen LogP contribution in [0.15, 0.2) is 24.3 Å². The molecule has 1 aromatic rings. The molecule has 0 saturated carbocycles. The van der Waals surface area contributed by atoms with Crippen molar-refractivity contribution in [3.63, 3.8) is 0 Å². The molecule has 16 heavy (non-hydrogen) atoms. The Bertz CT molecular complexity index is 376. The third kappa shape index (κ3) is 2.54. The summed E-state index contributed by atoms with van der Waals surface area (Å²) in [6, 6.07) is 8.44. The predicted molar refractivity (Wildman–Crippen MR) is 64.5 cm³/mol. The van der Waals surface area contributed by atoms with Crippen molar-refractivity contribution in [2.45, 2.75) is 19.8 Å². The highest BCUT2D eigenvalue weighted by Gasteiger charge is 2.16. The van der Waals surface area contributed by atoms with Crippen molar-refractivity contribution in [1.29, 1.82) is 0 Å².